The van der Waals surface area contributed by atoms with Gasteiger partial charge in [-0.15, -0.1) is 0 Å². The quantitative estimate of drug-likeness (QED) is 0.418. The number of nitrogens with one attached hydrogen (secondary N) is 1. The summed E-state index contributed by atoms with van der Waals surface area (Å²) >= 11 is 0. The topological polar surface area (TPSA) is 54.9 Å². The predicted octanol–water partition coefficient (Wildman–Crippen LogP) is 6.57. The molecule has 2 aliphatic rings. The molecule has 2 aromatic heterocycles. The highest BCUT2D eigenvalue weighted by molar-refractivity contribution is 6.03. The first kappa shape index (κ1) is 24.2. The van der Waals surface area contributed by atoms with Crippen molar-refractivity contribution in [1.82, 2.24) is 9.97 Å². The lowest BCUT2D eigenvalue weighted by atomic mass is 9.61. The van der Waals surface area contributed by atoms with Crippen molar-refractivity contribution < 1.29 is 22.4 Å². The SMILES string of the molecule is CC1(C)CC(=O)C2=C(Nc3ncccc3[C@@]2(C)c2cccc(-c3ccncc3CC(F)(F)F)c2)[C@H]1F. The Kier molecular flexibility index (Phi) is 5.54. The van der Waals surface area contributed by atoms with Crippen molar-refractivity contribution in [2.45, 2.75) is 51.4 Å². The van der Waals surface area contributed by atoms with Crippen LogP contribution in [0, 0.1) is 5.41 Å². The van der Waals surface area contributed by atoms with Gasteiger partial charge in [-0.05, 0) is 47.4 Å². The molecular formula is C28H25F4N3O. The molecule has 0 bridgehead atoms. The Morgan fingerprint density at radius 1 is 1.08 bits per heavy atom. The zero-order chi connectivity index (χ0) is 25.9. The summed E-state index contributed by atoms with van der Waals surface area (Å²) in [6, 6.07) is 12.2. The first-order valence-corrected chi connectivity index (χ1v) is 11.7. The fourth-order valence-electron chi connectivity index (χ4n) is 5.47. The third kappa shape index (κ3) is 3.88. The number of carbonyl (C=O) groups excluding carboxylic acids is 1. The second kappa shape index (κ2) is 8.25. The van der Waals surface area contributed by atoms with Gasteiger partial charge in [0.2, 0.25) is 0 Å². The largest absolute Gasteiger partial charge is 0.393 e. The summed E-state index contributed by atoms with van der Waals surface area (Å²) in [4.78, 5) is 21.8. The molecule has 0 unspecified atom stereocenters. The van der Waals surface area contributed by atoms with Gasteiger partial charge < -0.3 is 5.32 Å². The van der Waals surface area contributed by atoms with E-state index in [0.29, 0.717) is 33.6 Å². The van der Waals surface area contributed by atoms with E-state index in [4.69, 9.17) is 0 Å². The van der Waals surface area contributed by atoms with Crippen LogP contribution in [0.5, 0.6) is 0 Å². The fraction of sp³-hybridized carbons (Fsp3) is 0.321. The minimum absolute atomic E-state index is 0.0413. The lowest BCUT2D eigenvalue weighted by Crippen LogP contribution is -2.47. The number of Topliss-reactive ketones (excluding diaryl/α,β-unsaturated/α-hetero) is 1. The maximum absolute atomic E-state index is 15.8. The van der Waals surface area contributed by atoms with Gasteiger partial charge in [0.05, 0.1) is 17.5 Å². The number of hydrogen-bond acceptors (Lipinski definition) is 4. The molecule has 1 aliphatic heterocycles. The van der Waals surface area contributed by atoms with Crippen molar-refractivity contribution in [2.24, 2.45) is 5.41 Å². The molecule has 4 nitrogen and oxygen atoms in total. The van der Waals surface area contributed by atoms with Crippen LogP contribution in [-0.4, -0.2) is 28.1 Å². The minimum atomic E-state index is -4.39. The molecule has 1 aromatic carbocycles. The van der Waals surface area contributed by atoms with Gasteiger partial charge in [0.1, 0.15) is 12.0 Å². The number of rotatable bonds is 3. The Bertz CT molecular complexity index is 1400. The summed E-state index contributed by atoms with van der Waals surface area (Å²) in [5, 5.41) is 3.08. The number of fused-ring (bicyclic) bond motifs is 1. The Labute approximate surface area is 206 Å². The van der Waals surface area contributed by atoms with E-state index in [1.54, 1.807) is 50.4 Å². The van der Waals surface area contributed by atoms with Gasteiger partial charge in [0.25, 0.3) is 0 Å². The van der Waals surface area contributed by atoms with E-state index in [1.165, 1.54) is 12.4 Å². The van der Waals surface area contributed by atoms with Crippen molar-refractivity contribution in [3.8, 4) is 11.1 Å². The molecule has 36 heavy (non-hydrogen) atoms. The Hall–Kier alpha value is -3.55. The number of nitrogens with zero attached hydrogens (tertiary/aromatic N) is 2. The van der Waals surface area contributed by atoms with Crippen LogP contribution in [0.3, 0.4) is 0 Å². The standard InChI is InChI=1S/C28H25F4N3O/c1-26(2)14-21(36)22-23(24(26)29)35-25-20(8-5-10-34-25)27(22,3)18-7-4-6-16(12-18)19-9-11-33-15-17(19)13-28(30,31)32/h4-12,15,24H,13-14H2,1-3H3,(H,34,35)/t24-,27-/m1/s1. The highest BCUT2D eigenvalue weighted by atomic mass is 19.4. The third-order valence-electron chi connectivity index (χ3n) is 7.25. The number of hydrogen-bond donors (Lipinski definition) is 1. The first-order chi connectivity index (χ1) is 16.9. The molecule has 1 N–H and O–H groups in total. The molecule has 3 aromatic rings. The van der Waals surface area contributed by atoms with Crippen LogP contribution in [-0.2, 0) is 16.6 Å². The van der Waals surface area contributed by atoms with Gasteiger partial charge in [-0.25, -0.2) is 9.37 Å². The second-order valence-electron chi connectivity index (χ2n) is 10.3. The number of aromatic nitrogens is 2. The average Bonchev–Trinajstić information content (AvgIpc) is 2.81. The smallest absolute Gasteiger partial charge is 0.341 e. The van der Waals surface area contributed by atoms with Crippen LogP contribution in [0.25, 0.3) is 11.1 Å². The molecule has 2 atom stereocenters. The van der Waals surface area contributed by atoms with Crippen LogP contribution in [0.4, 0.5) is 23.4 Å². The number of benzene rings is 1. The number of carbonyl (C=O) groups is 1. The maximum atomic E-state index is 15.8. The van der Waals surface area contributed by atoms with Gasteiger partial charge in [-0.1, -0.05) is 38.1 Å². The van der Waals surface area contributed by atoms with Gasteiger partial charge in [-0.3, -0.25) is 9.78 Å². The average molecular weight is 496 g/mol. The van der Waals surface area contributed by atoms with Crippen molar-refractivity contribution >= 4 is 11.6 Å². The summed E-state index contributed by atoms with van der Waals surface area (Å²) in [5.41, 5.74) is 0.970. The van der Waals surface area contributed by atoms with E-state index in [2.05, 4.69) is 15.3 Å². The summed E-state index contributed by atoms with van der Waals surface area (Å²) in [7, 11) is 0. The van der Waals surface area contributed by atoms with Crippen LogP contribution >= 0.6 is 0 Å². The van der Waals surface area contributed by atoms with Crippen LogP contribution in [0.2, 0.25) is 0 Å². The lowest BCUT2D eigenvalue weighted by molar-refractivity contribution is -0.127. The van der Waals surface area contributed by atoms with Gasteiger partial charge in [0.15, 0.2) is 5.78 Å². The summed E-state index contributed by atoms with van der Waals surface area (Å²) in [5.74, 6) is 0.291. The molecule has 0 radical (unpaired) electrons. The van der Waals surface area contributed by atoms with Crippen molar-refractivity contribution in [3.63, 3.8) is 0 Å². The number of anilines is 1. The highest BCUT2D eigenvalue weighted by Crippen LogP contribution is 2.53. The number of pyridine rings is 2. The first-order valence-electron chi connectivity index (χ1n) is 11.7. The van der Waals surface area contributed by atoms with Crippen molar-refractivity contribution in [1.29, 1.82) is 0 Å². The number of alkyl halides is 4. The second-order valence-corrected chi connectivity index (χ2v) is 10.3. The minimum Gasteiger partial charge on any atom is -0.341 e. The Morgan fingerprint density at radius 3 is 2.61 bits per heavy atom. The number of halogens is 4. The molecule has 8 heteroatoms. The Balaban J connectivity index is 1.72. The molecule has 1 aliphatic carbocycles. The molecule has 0 amide bonds. The highest BCUT2D eigenvalue weighted by Gasteiger charge is 2.52. The lowest BCUT2D eigenvalue weighted by Gasteiger charge is -2.46. The van der Waals surface area contributed by atoms with E-state index in [9.17, 15) is 18.0 Å². The fourth-order valence-corrected chi connectivity index (χ4v) is 5.47. The number of ketones is 1. The molecule has 3 heterocycles. The third-order valence-corrected chi connectivity index (χ3v) is 7.25. The van der Waals surface area contributed by atoms with Gasteiger partial charge in [-0.2, -0.15) is 13.2 Å². The zero-order valence-corrected chi connectivity index (χ0v) is 20.1. The van der Waals surface area contributed by atoms with Gasteiger partial charge >= 0.3 is 6.18 Å². The van der Waals surface area contributed by atoms with E-state index >= 15 is 4.39 Å². The van der Waals surface area contributed by atoms with Crippen LogP contribution in [0.15, 0.2) is 72.3 Å². The molecule has 5 rings (SSSR count). The van der Waals surface area contributed by atoms with Crippen molar-refractivity contribution in [3.05, 3.63) is 89.0 Å². The molecule has 0 saturated heterocycles. The maximum Gasteiger partial charge on any atom is 0.393 e. The van der Waals surface area contributed by atoms with E-state index in [0.717, 1.165) is 0 Å². The van der Waals surface area contributed by atoms with E-state index < -0.39 is 29.6 Å². The number of allylic oxidation sites excluding steroid dienone is 2. The molecule has 0 saturated carbocycles. The van der Waals surface area contributed by atoms with E-state index in [-0.39, 0.29) is 23.5 Å². The monoisotopic (exact) mass is 495 g/mol. The summed E-state index contributed by atoms with van der Waals surface area (Å²) in [6.45, 7) is 5.30. The normalized spacial score (nSPS) is 23.1. The van der Waals surface area contributed by atoms with Crippen LogP contribution < -0.4 is 5.32 Å². The zero-order valence-electron chi connectivity index (χ0n) is 20.1. The molecule has 186 valence electrons. The van der Waals surface area contributed by atoms with E-state index in [1.807, 2.05) is 19.1 Å². The van der Waals surface area contributed by atoms with Crippen LogP contribution in [0.1, 0.15) is 43.9 Å². The predicted molar refractivity (Wildman–Crippen MR) is 129 cm³/mol. The summed E-state index contributed by atoms with van der Waals surface area (Å²) < 4.78 is 55.5. The molecule has 0 spiro atoms. The summed E-state index contributed by atoms with van der Waals surface area (Å²) in [6.07, 6.45) is -2.60. The molecule has 0 fully saturated rings. The van der Waals surface area contributed by atoms with Crippen molar-refractivity contribution in [2.75, 3.05) is 5.32 Å². The Morgan fingerprint density at radius 2 is 1.86 bits per heavy atom. The van der Waals surface area contributed by atoms with Gasteiger partial charge in [0, 0.05) is 41.6 Å². The molecular weight excluding hydrogens is 470 g/mol.